The Morgan fingerprint density at radius 1 is 0.970 bits per heavy atom. The van der Waals surface area contributed by atoms with Crippen molar-refractivity contribution in [3.05, 3.63) is 0 Å². The molecule has 0 aliphatic heterocycles. The molecule has 0 rings (SSSR count). The number of hydrogen-bond donors (Lipinski definition) is 8. The van der Waals surface area contributed by atoms with Crippen molar-refractivity contribution in [1.82, 2.24) is 16.0 Å². The molecular formula is C18H34N8O6S. The SMILES string of the molecule is CSCCC(NC(=O)C(N)CCCN=C(N)N)C(=O)NCC(=O)NC(CCC(N)=O)C(=O)O. The van der Waals surface area contributed by atoms with Gasteiger partial charge in [-0.25, -0.2) is 4.79 Å². The molecule has 0 fully saturated rings. The number of nitrogens with two attached hydrogens (primary N) is 4. The average molecular weight is 491 g/mol. The largest absolute Gasteiger partial charge is 0.480 e. The van der Waals surface area contributed by atoms with Gasteiger partial charge < -0.3 is 44.0 Å². The van der Waals surface area contributed by atoms with Crippen LogP contribution in [0.5, 0.6) is 0 Å². The zero-order valence-electron chi connectivity index (χ0n) is 18.5. The molecule has 3 unspecified atom stereocenters. The second-order valence-electron chi connectivity index (χ2n) is 7.08. The third-order valence-electron chi connectivity index (χ3n) is 4.28. The molecule has 4 amide bonds. The average Bonchev–Trinajstić information content (AvgIpc) is 2.74. The molecule has 0 radical (unpaired) electrons. The van der Waals surface area contributed by atoms with Gasteiger partial charge in [-0.1, -0.05) is 0 Å². The fourth-order valence-electron chi connectivity index (χ4n) is 2.51. The minimum Gasteiger partial charge on any atom is -0.480 e. The zero-order valence-corrected chi connectivity index (χ0v) is 19.4. The molecule has 33 heavy (non-hydrogen) atoms. The standard InChI is InChI=1S/C18H34N8O6S/c1-33-8-6-11(26-15(29)10(19)3-2-7-23-18(21)22)16(30)24-9-14(28)25-12(17(31)32)4-5-13(20)27/h10-12H,2-9,19H2,1H3,(H2,20,27)(H,24,30)(H,25,28)(H,26,29)(H,31,32)(H4,21,22,23). The molecule has 3 atom stereocenters. The molecular weight excluding hydrogens is 456 g/mol. The molecule has 0 aromatic heterocycles. The van der Waals surface area contributed by atoms with E-state index in [-0.39, 0.29) is 25.2 Å². The van der Waals surface area contributed by atoms with E-state index in [9.17, 15) is 24.0 Å². The lowest BCUT2D eigenvalue weighted by Crippen LogP contribution is -2.53. The van der Waals surface area contributed by atoms with Crippen LogP contribution in [0.4, 0.5) is 0 Å². The van der Waals surface area contributed by atoms with Gasteiger partial charge in [-0.05, 0) is 37.7 Å². The van der Waals surface area contributed by atoms with E-state index in [0.717, 1.165) is 0 Å². The monoisotopic (exact) mass is 490 g/mol. The Hall–Kier alpha value is -3.07. The highest BCUT2D eigenvalue weighted by molar-refractivity contribution is 7.98. The Bertz CT molecular complexity index is 716. The highest BCUT2D eigenvalue weighted by Crippen LogP contribution is 2.03. The Morgan fingerprint density at radius 2 is 1.64 bits per heavy atom. The highest BCUT2D eigenvalue weighted by atomic mass is 32.2. The minimum absolute atomic E-state index is 0.0617. The lowest BCUT2D eigenvalue weighted by Gasteiger charge is -2.21. The third-order valence-corrected chi connectivity index (χ3v) is 4.93. The number of aliphatic carboxylic acids is 1. The van der Waals surface area contributed by atoms with E-state index in [4.69, 9.17) is 28.0 Å². The first kappa shape index (κ1) is 29.9. The van der Waals surface area contributed by atoms with Crippen LogP contribution in [-0.2, 0) is 24.0 Å². The normalized spacial score (nSPS) is 13.2. The van der Waals surface area contributed by atoms with Crippen LogP contribution >= 0.6 is 11.8 Å². The van der Waals surface area contributed by atoms with Crippen molar-refractivity contribution in [2.45, 2.75) is 50.2 Å². The van der Waals surface area contributed by atoms with Crippen molar-refractivity contribution in [2.75, 3.05) is 25.1 Å². The maximum Gasteiger partial charge on any atom is 0.326 e. The lowest BCUT2D eigenvalue weighted by molar-refractivity contribution is -0.142. The number of rotatable bonds is 17. The summed E-state index contributed by atoms with van der Waals surface area (Å²) in [5, 5.41) is 16.3. The number of carboxylic acid groups (broad SMARTS) is 1. The summed E-state index contributed by atoms with van der Waals surface area (Å²) in [6.07, 6.45) is 2.48. The number of hydrogen-bond acceptors (Lipinski definition) is 8. The van der Waals surface area contributed by atoms with Crippen LogP contribution in [0, 0.1) is 0 Å². The van der Waals surface area contributed by atoms with Crippen LogP contribution in [0.15, 0.2) is 4.99 Å². The van der Waals surface area contributed by atoms with Gasteiger partial charge in [-0.15, -0.1) is 0 Å². The van der Waals surface area contributed by atoms with Crippen LogP contribution in [0.2, 0.25) is 0 Å². The quantitative estimate of drug-likeness (QED) is 0.0568. The summed E-state index contributed by atoms with van der Waals surface area (Å²) in [7, 11) is 0. The Balaban J connectivity index is 4.76. The van der Waals surface area contributed by atoms with Crippen LogP contribution < -0.4 is 38.9 Å². The van der Waals surface area contributed by atoms with Crippen LogP contribution in [-0.4, -0.2) is 83.9 Å². The van der Waals surface area contributed by atoms with Gasteiger partial charge in [0.25, 0.3) is 0 Å². The zero-order chi connectivity index (χ0) is 25.4. The van der Waals surface area contributed by atoms with E-state index in [1.807, 2.05) is 6.26 Å². The molecule has 0 saturated carbocycles. The second kappa shape index (κ2) is 16.5. The predicted molar refractivity (Wildman–Crippen MR) is 124 cm³/mol. The van der Waals surface area contributed by atoms with Gasteiger partial charge in [0.05, 0.1) is 12.6 Å². The maximum absolute atomic E-state index is 12.5. The van der Waals surface area contributed by atoms with Gasteiger partial charge in [-0.3, -0.25) is 24.2 Å². The molecule has 0 bridgehead atoms. The number of primary amides is 1. The molecule has 0 aliphatic carbocycles. The van der Waals surface area contributed by atoms with Gasteiger partial charge in [0, 0.05) is 13.0 Å². The van der Waals surface area contributed by atoms with Gasteiger partial charge >= 0.3 is 5.97 Å². The number of carboxylic acids is 1. The molecule has 0 heterocycles. The van der Waals surface area contributed by atoms with E-state index in [1.165, 1.54) is 11.8 Å². The fraction of sp³-hybridized carbons (Fsp3) is 0.667. The summed E-state index contributed by atoms with van der Waals surface area (Å²) in [6.45, 7) is -0.207. The Morgan fingerprint density at radius 3 is 2.18 bits per heavy atom. The number of amides is 4. The number of carbonyl (C=O) groups is 5. The van der Waals surface area contributed by atoms with Gasteiger partial charge in [0.1, 0.15) is 12.1 Å². The summed E-state index contributed by atoms with van der Waals surface area (Å²) >= 11 is 1.46. The van der Waals surface area contributed by atoms with Gasteiger partial charge in [0.15, 0.2) is 5.96 Å². The number of nitrogens with one attached hydrogen (secondary N) is 3. The highest BCUT2D eigenvalue weighted by Gasteiger charge is 2.25. The molecule has 0 saturated heterocycles. The first-order valence-electron chi connectivity index (χ1n) is 10.2. The summed E-state index contributed by atoms with van der Waals surface area (Å²) in [5.41, 5.74) is 21.3. The summed E-state index contributed by atoms with van der Waals surface area (Å²) in [5.74, 6) is -3.48. The number of aliphatic imine (C=N–C) groups is 1. The Kier molecular flexibility index (Phi) is 15.0. The molecule has 0 aliphatic rings. The van der Waals surface area contributed by atoms with Crippen molar-refractivity contribution >= 4 is 47.3 Å². The van der Waals surface area contributed by atoms with Crippen molar-refractivity contribution < 1.29 is 29.1 Å². The van der Waals surface area contributed by atoms with E-state index in [0.29, 0.717) is 25.1 Å². The molecule has 0 aromatic carbocycles. The molecule has 188 valence electrons. The second-order valence-corrected chi connectivity index (χ2v) is 8.06. The van der Waals surface area contributed by atoms with Crippen LogP contribution in [0.1, 0.15) is 32.1 Å². The molecule has 15 heteroatoms. The van der Waals surface area contributed by atoms with Crippen LogP contribution in [0.25, 0.3) is 0 Å². The van der Waals surface area contributed by atoms with Crippen molar-refractivity contribution in [3.63, 3.8) is 0 Å². The minimum atomic E-state index is -1.34. The molecule has 0 aromatic rings. The van der Waals surface area contributed by atoms with Crippen molar-refractivity contribution in [2.24, 2.45) is 27.9 Å². The lowest BCUT2D eigenvalue weighted by atomic mass is 10.1. The predicted octanol–water partition coefficient (Wildman–Crippen LogP) is -3.44. The number of carbonyl (C=O) groups excluding carboxylic acids is 4. The van der Waals surface area contributed by atoms with E-state index in [1.54, 1.807) is 0 Å². The first-order valence-corrected chi connectivity index (χ1v) is 11.6. The van der Waals surface area contributed by atoms with Crippen LogP contribution in [0.3, 0.4) is 0 Å². The fourth-order valence-corrected chi connectivity index (χ4v) is 2.99. The molecule has 14 nitrogen and oxygen atoms in total. The van der Waals surface area contributed by atoms with Crippen molar-refractivity contribution in [3.8, 4) is 0 Å². The van der Waals surface area contributed by atoms with Gasteiger partial charge in [0.2, 0.25) is 23.6 Å². The summed E-state index contributed by atoms with van der Waals surface area (Å²) in [4.78, 5) is 62.7. The van der Waals surface area contributed by atoms with Gasteiger partial charge in [-0.2, -0.15) is 11.8 Å². The molecule has 0 spiro atoms. The number of guanidine groups is 1. The summed E-state index contributed by atoms with van der Waals surface area (Å²) in [6, 6.07) is -3.15. The summed E-state index contributed by atoms with van der Waals surface area (Å²) < 4.78 is 0. The molecule has 12 N–H and O–H groups in total. The number of nitrogens with zero attached hydrogens (tertiary/aromatic N) is 1. The third kappa shape index (κ3) is 14.6. The first-order chi connectivity index (χ1) is 15.5. The number of thioether (sulfide) groups is 1. The topological polar surface area (TPSA) is 258 Å². The van der Waals surface area contributed by atoms with E-state index >= 15 is 0 Å². The van der Waals surface area contributed by atoms with E-state index < -0.39 is 54.3 Å². The smallest absolute Gasteiger partial charge is 0.326 e. The maximum atomic E-state index is 12.5. The Labute approximate surface area is 196 Å². The van der Waals surface area contributed by atoms with E-state index in [2.05, 4.69) is 20.9 Å². The van der Waals surface area contributed by atoms with Crippen molar-refractivity contribution in [1.29, 1.82) is 0 Å².